The second-order valence-electron chi connectivity index (χ2n) is 6.38. The highest BCUT2D eigenvalue weighted by atomic mass is 16.7. The molecular weight excluding hydrogens is 244 g/mol. The third-order valence-corrected chi connectivity index (χ3v) is 5.34. The number of aliphatic hydroxyl groups is 1. The van der Waals surface area contributed by atoms with Crippen LogP contribution in [0.1, 0.15) is 40.0 Å². The van der Waals surface area contributed by atoms with E-state index in [1.165, 1.54) is 0 Å². The zero-order chi connectivity index (χ0) is 13.8. The molecule has 2 aliphatic heterocycles. The fourth-order valence-electron chi connectivity index (χ4n) is 4.13. The molecule has 106 valence electrons. The molecule has 3 aliphatic rings. The molecule has 0 aromatic heterocycles. The number of hydrogen-bond acceptors (Lipinski definition) is 4. The summed E-state index contributed by atoms with van der Waals surface area (Å²) >= 11 is 0. The van der Waals surface area contributed by atoms with Crippen molar-refractivity contribution < 1.29 is 19.4 Å². The van der Waals surface area contributed by atoms with Crippen LogP contribution >= 0.6 is 0 Å². The first-order valence-electron chi connectivity index (χ1n) is 7.21. The van der Waals surface area contributed by atoms with Crippen LogP contribution in [0.15, 0.2) is 11.8 Å². The van der Waals surface area contributed by atoms with Crippen LogP contribution in [0.4, 0.5) is 0 Å². The summed E-state index contributed by atoms with van der Waals surface area (Å²) in [5, 5.41) is 11.3. The molecule has 0 bridgehead atoms. The Hall–Kier alpha value is -1.03. The van der Waals surface area contributed by atoms with E-state index in [-0.39, 0.29) is 23.7 Å². The molecule has 2 heterocycles. The lowest BCUT2D eigenvalue weighted by atomic mass is 9.58. The second-order valence-corrected chi connectivity index (χ2v) is 6.38. The van der Waals surface area contributed by atoms with Crippen molar-refractivity contribution in [3.05, 3.63) is 11.8 Å². The van der Waals surface area contributed by atoms with Gasteiger partial charge in [-0.25, -0.2) is 0 Å². The summed E-state index contributed by atoms with van der Waals surface area (Å²) in [7, 11) is 0. The predicted molar refractivity (Wildman–Crippen MR) is 68.8 cm³/mol. The Morgan fingerprint density at radius 2 is 2.00 bits per heavy atom. The highest BCUT2D eigenvalue weighted by Gasteiger charge is 2.62. The first-order valence-corrected chi connectivity index (χ1v) is 7.21. The normalized spacial score (nSPS) is 49.4. The maximum atomic E-state index is 12.0. The van der Waals surface area contributed by atoms with Crippen molar-refractivity contribution in [1.29, 1.82) is 0 Å². The van der Waals surface area contributed by atoms with Crippen molar-refractivity contribution in [2.45, 2.75) is 51.9 Å². The zero-order valence-electron chi connectivity index (χ0n) is 11.8. The summed E-state index contributed by atoms with van der Waals surface area (Å²) < 4.78 is 11.1. The van der Waals surface area contributed by atoms with Crippen molar-refractivity contribution in [2.75, 3.05) is 0 Å². The van der Waals surface area contributed by atoms with Gasteiger partial charge in [-0.2, -0.15) is 0 Å². The van der Waals surface area contributed by atoms with Gasteiger partial charge in [-0.3, -0.25) is 4.79 Å². The molecule has 0 amide bonds. The van der Waals surface area contributed by atoms with Gasteiger partial charge in [0.15, 0.2) is 0 Å². The zero-order valence-corrected chi connectivity index (χ0v) is 11.8. The largest absolute Gasteiger partial charge is 0.457 e. The topological polar surface area (TPSA) is 55.8 Å². The fourth-order valence-corrected chi connectivity index (χ4v) is 4.13. The third kappa shape index (κ3) is 1.72. The molecule has 4 heteroatoms. The minimum atomic E-state index is -1.04. The van der Waals surface area contributed by atoms with Gasteiger partial charge >= 0.3 is 5.97 Å². The smallest absolute Gasteiger partial charge is 0.312 e. The number of ether oxygens (including phenoxy) is 2. The quantitative estimate of drug-likeness (QED) is 0.683. The third-order valence-electron chi connectivity index (χ3n) is 5.34. The lowest BCUT2D eigenvalue weighted by molar-refractivity contribution is -0.292. The van der Waals surface area contributed by atoms with Crippen LogP contribution in [0.3, 0.4) is 0 Å². The van der Waals surface area contributed by atoms with Crippen LogP contribution in [0.2, 0.25) is 0 Å². The van der Waals surface area contributed by atoms with Gasteiger partial charge in [0.05, 0.1) is 11.7 Å². The van der Waals surface area contributed by atoms with E-state index < -0.39 is 11.9 Å². The van der Waals surface area contributed by atoms with Gasteiger partial charge in [-0.15, -0.1) is 0 Å². The van der Waals surface area contributed by atoms with Gasteiger partial charge in [0.2, 0.25) is 0 Å². The van der Waals surface area contributed by atoms with Gasteiger partial charge < -0.3 is 14.6 Å². The first kappa shape index (κ1) is 13.0. The Morgan fingerprint density at radius 1 is 1.26 bits per heavy atom. The van der Waals surface area contributed by atoms with Gasteiger partial charge in [0, 0.05) is 11.8 Å². The van der Waals surface area contributed by atoms with E-state index in [0.29, 0.717) is 5.92 Å². The lowest BCUT2D eigenvalue weighted by Crippen LogP contribution is -2.65. The van der Waals surface area contributed by atoms with Crippen LogP contribution in [0.5, 0.6) is 0 Å². The van der Waals surface area contributed by atoms with E-state index in [1.54, 1.807) is 0 Å². The van der Waals surface area contributed by atoms with Crippen molar-refractivity contribution >= 4 is 5.97 Å². The summed E-state index contributed by atoms with van der Waals surface area (Å²) in [4.78, 5) is 12.0. The summed E-state index contributed by atoms with van der Waals surface area (Å²) in [5.41, 5.74) is -1.04. The Bertz CT molecular complexity index is 430. The maximum Gasteiger partial charge on any atom is 0.312 e. The first-order chi connectivity index (χ1) is 8.94. The van der Waals surface area contributed by atoms with E-state index in [4.69, 9.17) is 9.47 Å². The highest BCUT2D eigenvalue weighted by molar-refractivity contribution is 5.74. The molecule has 0 aromatic rings. The molecule has 1 aliphatic carbocycles. The van der Waals surface area contributed by atoms with Crippen molar-refractivity contribution in [3.63, 3.8) is 0 Å². The van der Waals surface area contributed by atoms with Gasteiger partial charge in [0.25, 0.3) is 6.29 Å². The number of carbonyl (C=O) groups is 1. The molecule has 1 saturated carbocycles. The maximum absolute atomic E-state index is 12.0. The molecule has 1 saturated heterocycles. The number of rotatable bonds is 0. The SMILES string of the molecule is CC1=CCC2C(C)CCC3[C@@H](C)C(=O)OC(O1)C23O. The molecule has 0 radical (unpaired) electrons. The van der Waals surface area contributed by atoms with Crippen LogP contribution < -0.4 is 0 Å². The average Bonchev–Trinajstić information content (AvgIpc) is 2.47. The van der Waals surface area contributed by atoms with Crippen LogP contribution in [-0.4, -0.2) is 23.0 Å². The highest BCUT2D eigenvalue weighted by Crippen LogP contribution is 2.53. The minimum absolute atomic E-state index is 0.0563. The standard InChI is InChI=1S/C15H22O4/c1-8-4-6-12-10(3)13(16)19-14-15(12,17)11(8)7-5-9(2)18-14/h5,8,10-12,14,17H,4,6-7H2,1-3H3/t8?,10-,11?,12?,14?,15?/m1/s1. The van der Waals surface area contributed by atoms with Gasteiger partial charge in [0.1, 0.15) is 5.60 Å². The Kier molecular flexibility index (Phi) is 2.89. The number of allylic oxidation sites excluding steroid dienone is 2. The predicted octanol–water partition coefficient (Wildman–Crippen LogP) is 2.22. The molecule has 19 heavy (non-hydrogen) atoms. The molecule has 3 rings (SSSR count). The Balaban J connectivity index is 2.05. The molecule has 4 nitrogen and oxygen atoms in total. The van der Waals surface area contributed by atoms with Crippen molar-refractivity contribution in [3.8, 4) is 0 Å². The van der Waals surface area contributed by atoms with E-state index in [1.807, 2.05) is 19.9 Å². The van der Waals surface area contributed by atoms with Gasteiger partial charge in [-0.1, -0.05) is 13.8 Å². The van der Waals surface area contributed by atoms with Gasteiger partial charge in [-0.05, 0) is 38.2 Å². The Morgan fingerprint density at radius 3 is 2.74 bits per heavy atom. The summed E-state index contributed by atoms with van der Waals surface area (Å²) in [5.74, 6) is 0.698. The molecule has 0 aromatic carbocycles. The minimum Gasteiger partial charge on any atom is -0.457 e. The van der Waals surface area contributed by atoms with Crippen LogP contribution in [0.25, 0.3) is 0 Å². The molecule has 5 unspecified atom stereocenters. The van der Waals surface area contributed by atoms with E-state index >= 15 is 0 Å². The van der Waals surface area contributed by atoms with E-state index in [2.05, 4.69) is 6.92 Å². The lowest BCUT2D eigenvalue weighted by Gasteiger charge is -2.54. The summed E-state index contributed by atoms with van der Waals surface area (Å²) in [6, 6.07) is 0. The fraction of sp³-hybridized carbons (Fsp3) is 0.800. The van der Waals surface area contributed by atoms with Crippen LogP contribution in [-0.2, 0) is 14.3 Å². The van der Waals surface area contributed by atoms with E-state index in [0.717, 1.165) is 25.0 Å². The van der Waals surface area contributed by atoms with Crippen molar-refractivity contribution in [1.82, 2.24) is 0 Å². The monoisotopic (exact) mass is 266 g/mol. The number of carbonyl (C=O) groups excluding carboxylic acids is 1. The van der Waals surface area contributed by atoms with Crippen LogP contribution in [0, 0.1) is 23.7 Å². The molecule has 6 atom stereocenters. The number of hydrogen-bond donors (Lipinski definition) is 1. The molecule has 2 fully saturated rings. The van der Waals surface area contributed by atoms with E-state index in [9.17, 15) is 9.90 Å². The molecular formula is C15H22O4. The molecule has 0 spiro atoms. The summed E-state index contributed by atoms with van der Waals surface area (Å²) in [6.45, 7) is 5.89. The Labute approximate surface area is 113 Å². The average molecular weight is 266 g/mol. The second kappa shape index (κ2) is 4.23. The summed E-state index contributed by atoms with van der Waals surface area (Å²) in [6.07, 6.45) is 3.88. The van der Waals surface area contributed by atoms with Crippen molar-refractivity contribution in [2.24, 2.45) is 23.7 Å². The molecule has 1 N–H and O–H groups in total. The number of esters is 1.